The monoisotopic (exact) mass is 310 g/mol. The van der Waals surface area contributed by atoms with Crippen molar-refractivity contribution >= 4 is 27.7 Å². The summed E-state index contributed by atoms with van der Waals surface area (Å²) in [4.78, 5) is 23.4. The van der Waals surface area contributed by atoms with Crippen LogP contribution in [0.15, 0.2) is 16.6 Å². The lowest BCUT2D eigenvalue weighted by atomic mass is 9.90. The van der Waals surface area contributed by atoms with Crippen molar-refractivity contribution in [2.24, 2.45) is 0 Å². The third-order valence-electron chi connectivity index (χ3n) is 3.14. The van der Waals surface area contributed by atoms with Gasteiger partial charge in [-0.3, -0.25) is 4.79 Å². The topological polar surface area (TPSA) is 43.4 Å². The molecule has 1 aliphatic rings. The number of Topliss-reactive ketones (excluding diaryl/α,β-unsaturated/α-hetero) is 1. The van der Waals surface area contributed by atoms with Crippen molar-refractivity contribution < 1.29 is 14.3 Å². The summed E-state index contributed by atoms with van der Waals surface area (Å²) in [5, 5.41) is 0. The molecule has 0 aromatic heterocycles. The van der Waals surface area contributed by atoms with Gasteiger partial charge in [-0.2, -0.15) is 0 Å². The van der Waals surface area contributed by atoms with Crippen molar-refractivity contribution in [2.75, 3.05) is 6.61 Å². The van der Waals surface area contributed by atoms with Gasteiger partial charge in [0.15, 0.2) is 0 Å². The second-order valence-corrected chi connectivity index (χ2v) is 5.21. The maximum Gasteiger partial charge on any atom is 0.379 e. The van der Waals surface area contributed by atoms with Crippen molar-refractivity contribution in [3.05, 3.63) is 33.3 Å². The number of rotatable bonds is 3. The number of hydrogen-bond donors (Lipinski definition) is 0. The number of aryl methyl sites for hydroxylation is 2. The van der Waals surface area contributed by atoms with Crippen LogP contribution in [0.25, 0.3) is 0 Å². The van der Waals surface area contributed by atoms with Gasteiger partial charge in [0.1, 0.15) is 0 Å². The SMILES string of the molecule is CCOC(=O)C(=O)c1cc2c(cc1Br)CCCC2. The largest absolute Gasteiger partial charge is 0.460 e. The van der Waals surface area contributed by atoms with Gasteiger partial charge in [0.25, 0.3) is 5.78 Å². The predicted molar refractivity (Wildman–Crippen MR) is 71.7 cm³/mol. The summed E-state index contributed by atoms with van der Waals surface area (Å²) in [6, 6.07) is 3.79. The molecule has 2 rings (SSSR count). The molecule has 0 saturated carbocycles. The minimum absolute atomic E-state index is 0.215. The highest BCUT2D eigenvalue weighted by molar-refractivity contribution is 9.10. The third-order valence-corrected chi connectivity index (χ3v) is 3.79. The Morgan fingerprint density at radius 3 is 2.44 bits per heavy atom. The van der Waals surface area contributed by atoms with Crippen molar-refractivity contribution in [1.29, 1.82) is 0 Å². The fourth-order valence-corrected chi connectivity index (χ4v) is 2.81. The second-order valence-electron chi connectivity index (χ2n) is 4.36. The molecule has 0 atom stereocenters. The molecule has 0 heterocycles. The van der Waals surface area contributed by atoms with Crippen LogP contribution in [-0.2, 0) is 22.4 Å². The van der Waals surface area contributed by atoms with E-state index in [9.17, 15) is 9.59 Å². The average molecular weight is 311 g/mol. The second kappa shape index (κ2) is 5.65. The average Bonchev–Trinajstić information content (AvgIpc) is 2.37. The van der Waals surface area contributed by atoms with Crippen LogP contribution in [0.2, 0.25) is 0 Å². The number of carbonyl (C=O) groups excluding carboxylic acids is 2. The van der Waals surface area contributed by atoms with Crippen LogP contribution in [0, 0.1) is 0 Å². The Morgan fingerprint density at radius 1 is 1.22 bits per heavy atom. The fourth-order valence-electron chi connectivity index (χ4n) is 2.24. The van der Waals surface area contributed by atoms with E-state index in [0.717, 1.165) is 19.3 Å². The molecule has 96 valence electrons. The first-order valence-corrected chi connectivity index (χ1v) is 6.95. The molecule has 0 aliphatic heterocycles. The molecule has 0 bridgehead atoms. The Labute approximate surface area is 115 Å². The molecule has 0 unspecified atom stereocenters. The first-order valence-electron chi connectivity index (χ1n) is 6.16. The summed E-state index contributed by atoms with van der Waals surface area (Å²) >= 11 is 3.37. The number of esters is 1. The van der Waals surface area contributed by atoms with Gasteiger partial charge in [0.05, 0.1) is 6.61 Å². The molecule has 0 saturated heterocycles. The van der Waals surface area contributed by atoms with Gasteiger partial charge >= 0.3 is 5.97 Å². The van der Waals surface area contributed by atoms with E-state index < -0.39 is 11.8 Å². The minimum atomic E-state index is -0.783. The Bertz CT molecular complexity index is 494. The van der Waals surface area contributed by atoms with Gasteiger partial charge in [-0.1, -0.05) is 15.9 Å². The Hall–Kier alpha value is -1.16. The molecular weight excluding hydrogens is 296 g/mol. The van der Waals surface area contributed by atoms with E-state index in [4.69, 9.17) is 4.74 Å². The summed E-state index contributed by atoms with van der Waals surface area (Å²) in [5.41, 5.74) is 2.86. The molecule has 0 fully saturated rings. The lowest BCUT2D eigenvalue weighted by Gasteiger charge is -2.17. The Kier molecular flexibility index (Phi) is 4.17. The molecule has 0 N–H and O–H groups in total. The van der Waals surface area contributed by atoms with E-state index in [2.05, 4.69) is 15.9 Å². The van der Waals surface area contributed by atoms with Crippen LogP contribution in [-0.4, -0.2) is 18.4 Å². The van der Waals surface area contributed by atoms with Crippen molar-refractivity contribution in [1.82, 2.24) is 0 Å². The molecule has 18 heavy (non-hydrogen) atoms. The molecular formula is C14H15BrO3. The molecule has 1 aliphatic carbocycles. The number of ether oxygens (including phenoxy) is 1. The highest BCUT2D eigenvalue weighted by Gasteiger charge is 2.22. The number of hydrogen-bond acceptors (Lipinski definition) is 3. The molecule has 0 spiro atoms. The third kappa shape index (κ3) is 2.64. The lowest BCUT2D eigenvalue weighted by molar-refractivity contribution is -0.137. The van der Waals surface area contributed by atoms with Gasteiger partial charge in [-0.25, -0.2) is 4.79 Å². The normalized spacial score (nSPS) is 13.9. The van der Waals surface area contributed by atoms with E-state index in [1.807, 2.05) is 12.1 Å². The highest BCUT2D eigenvalue weighted by atomic mass is 79.9. The van der Waals surface area contributed by atoms with E-state index in [-0.39, 0.29) is 6.61 Å². The van der Waals surface area contributed by atoms with E-state index in [0.29, 0.717) is 10.0 Å². The molecule has 0 radical (unpaired) electrons. The summed E-state index contributed by atoms with van der Waals surface area (Å²) < 4.78 is 5.43. The number of fused-ring (bicyclic) bond motifs is 1. The number of ketones is 1. The zero-order valence-electron chi connectivity index (χ0n) is 10.3. The van der Waals surface area contributed by atoms with Crippen LogP contribution >= 0.6 is 15.9 Å². The first-order chi connectivity index (χ1) is 8.63. The van der Waals surface area contributed by atoms with E-state index in [1.54, 1.807) is 6.92 Å². The van der Waals surface area contributed by atoms with Crippen molar-refractivity contribution in [2.45, 2.75) is 32.6 Å². The zero-order valence-corrected chi connectivity index (χ0v) is 11.9. The Balaban J connectivity index is 2.33. The van der Waals surface area contributed by atoms with E-state index >= 15 is 0 Å². The summed E-state index contributed by atoms with van der Waals surface area (Å²) in [6.07, 6.45) is 4.35. The van der Waals surface area contributed by atoms with Crippen molar-refractivity contribution in [3.63, 3.8) is 0 Å². The van der Waals surface area contributed by atoms with Crippen LogP contribution in [0.1, 0.15) is 41.3 Å². The molecule has 3 nitrogen and oxygen atoms in total. The predicted octanol–water partition coefficient (Wildman–Crippen LogP) is 3.07. The summed E-state index contributed by atoms with van der Waals surface area (Å²) in [6.45, 7) is 1.90. The first kappa shape index (κ1) is 13.3. The van der Waals surface area contributed by atoms with Gasteiger partial charge < -0.3 is 4.74 Å². The molecule has 1 aromatic carbocycles. The Morgan fingerprint density at radius 2 is 1.83 bits per heavy atom. The number of carbonyl (C=O) groups is 2. The molecule has 0 amide bonds. The van der Waals surface area contributed by atoms with Crippen molar-refractivity contribution in [3.8, 4) is 0 Å². The quantitative estimate of drug-likeness (QED) is 0.489. The number of halogens is 1. The number of benzene rings is 1. The van der Waals surface area contributed by atoms with Crippen LogP contribution in [0.3, 0.4) is 0 Å². The van der Waals surface area contributed by atoms with Crippen LogP contribution in [0.5, 0.6) is 0 Å². The van der Waals surface area contributed by atoms with Crippen LogP contribution in [0.4, 0.5) is 0 Å². The zero-order chi connectivity index (χ0) is 13.1. The summed E-state index contributed by atoms with van der Waals surface area (Å²) in [7, 11) is 0. The standard InChI is InChI=1S/C14H15BrO3/c1-2-18-14(17)13(16)11-7-9-5-3-4-6-10(9)8-12(11)15/h7-8H,2-6H2,1H3. The smallest absolute Gasteiger partial charge is 0.379 e. The molecule has 4 heteroatoms. The van der Waals surface area contributed by atoms with Gasteiger partial charge in [0.2, 0.25) is 0 Å². The minimum Gasteiger partial charge on any atom is -0.460 e. The van der Waals surface area contributed by atoms with Gasteiger partial charge in [-0.05, 0) is 55.9 Å². The lowest BCUT2D eigenvalue weighted by Crippen LogP contribution is -2.19. The maximum atomic E-state index is 11.9. The highest BCUT2D eigenvalue weighted by Crippen LogP contribution is 2.28. The molecule has 1 aromatic rings. The summed E-state index contributed by atoms with van der Waals surface area (Å²) in [5.74, 6) is -1.36. The van der Waals surface area contributed by atoms with Crippen LogP contribution < -0.4 is 0 Å². The maximum absolute atomic E-state index is 11.9. The van der Waals surface area contributed by atoms with E-state index in [1.165, 1.54) is 17.5 Å². The van der Waals surface area contributed by atoms with Gasteiger partial charge in [0, 0.05) is 10.0 Å². The van der Waals surface area contributed by atoms with Gasteiger partial charge in [-0.15, -0.1) is 0 Å². The fraction of sp³-hybridized carbons (Fsp3) is 0.429.